The molecule has 1 heterocycles. The van der Waals surface area contributed by atoms with Crippen molar-refractivity contribution in [2.45, 2.75) is 6.92 Å². The normalized spacial score (nSPS) is 11.0. The first-order chi connectivity index (χ1) is 12.7. The van der Waals surface area contributed by atoms with Gasteiger partial charge in [0, 0.05) is 21.4 Å². The van der Waals surface area contributed by atoms with Crippen LogP contribution >= 0.6 is 11.6 Å². The number of benzene rings is 3. The Bertz CT molecular complexity index is 1120. The number of rotatable bonds is 3. The van der Waals surface area contributed by atoms with Gasteiger partial charge in [-0.25, -0.2) is 9.78 Å². The van der Waals surface area contributed by atoms with Gasteiger partial charge in [-0.2, -0.15) is 0 Å². The zero-order valence-corrected chi connectivity index (χ0v) is 15.0. The molecule has 0 aliphatic rings. The quantitative estimate of drug-likeness (QED) is 0.337. The molecule has 4 aromatic rings. The molecule has 0 fully saturated rings. The highest BCUT2D eigenvalue weighted by Gasteiger charge is 2.16. The predicted octanol–water partition coefficient (Wildman–Crippen LogP) is 5.89. The van der Waals surface area contributed by atoms with E-state index in [4.69, 9.17) is 21.3 Å². The second kappa shape index (κ2) is 6.77. The summed E-state index contributed by atoms with van der Waals surface area (Å²) in [6, 6.07) is 21.2. The minimum Gasteiger partial charge on any atom is -0.462 e. The van der Waals surface area contributed by atoms with Crippen LogP contribution in [-0.2, 0) is 4.74 Å². The maximum Gasteiger partial charge on any atom is 0.338 e. The molecule has 0 N–H and O–H groups in total. The molecule has 0 radical (unpaired) electrons. The van der Waals surface area contributed by atoms with Crippen LogP contribution < -0.4 is 0 Å². The fourth-order valence-corrected chi connectivity index (χ4v) is 3.23. The molecule has 0 saturated carbocycles. The van der Waals surface area contributed by atoms with Gasteiger partial charge in [0.2, 0.25) is 0 Å². The van der Waals surface area contributed by atoms with Crippen molar-refractivity contribution in [3.63, 3.8) is 0 Å². The standard InChI is InChI=1S/C22H16ClNO2/c1-2-26-22(25)19-13-20(15-7-10-16(23)11-8-15)24-21-17-6-4-3-5-14(17)9-12-18(19)21/h3-13H,2H2,1H3. The van der Waals surface area contributed by atoms with E-state index in [1.807, 2.05) is 60.7 Å². The molecule has 26 heavy (non-hydrogen) atoms. The number of hydrogen-bond donors (Lipinski definition) is 0. The van der Waals surface area contributed by atoms with Crippen molar-refractivity contribution in [3.8, 4) is 11.3 Å². The summed E-state index contributed by atoms with van der Waals surface area (Å²) in [6.07, 6.45) is 0. The van der Waals surface area contributed by atoms with Crippen LogP contribution in [0.1, 0.15) is 17.3 Å². The molecule has 1 aromatic heterocycles. The number of aromatic nitrogens is 1. The third kappa shape index (κ3) is 2.91. The summed E-state index contributed by atoms with van der Waals surface area (Å²) in [7, 11) is 0. The molecule has 0 bridgehead atoms. The zero-order valence-electron chi connectivity index (χ0n) is 14.2. The van der Waals surface area contributed by atoms with Crippen molar-refractivity contribution in [2.24, 2.45) is 0 Å². The number of carbonyl (C=O) groups is 1. The molecule has 0 unspecified atom stereocenters. The number of ether oxygens (including phenoxy) is 1. The molecule has 0 aliphatic carbocycles. The number of halogens is 1. The highest BCUT2D eigenvalue weighted by molar-refractivity contribution is 6.30. The number of esters is 1. The van der Waals surface area contributed by atoms with Crippen molar-refractivity contribution in [2.75, 3.05) is 6.61 Å². The van der Waals surface area contributed by atoms with Gasteiger partial charge >= 0.3 is 5.97 Å². The summed E-state index contributed by atoms with van der Waals surface area (Å²) in [5, 5.41) is 3.53. The fraction of sp³-hybridized carbons (Fsp3) is 0.0909. The van der Waals surface area contributed by atoms with Crippen molar-refractivity contribution >= 4 is 39.2 Å². The maximum atomic E-state index is 12.6. The molecular weight excluding hydrogens is 346 g/mol. The lowest BCUT2D eigenvalue weighted by atomic mass is 10.00. The largest absolute Gasteiger partial charge is 0.462 e. The van der Waals surface area contributed by atoms with Gasteiger partial charge in [0.1, 0.15) is 0 Å². The van der Waals surface area contributed by atoms with Crippen LogP contribution in [-0.4, -0.2) is 17.6 Å². The molecule has 0 aliphatic heterocycles. The fourth-order valence-electron chi connectivity index (χ4n) is 3.11. The Morgan fingerprint density at radius 3 is 2.54 bits per heavy atom. The van der Waals surface area contributed by atoms with Crippen molar-refractivity contribution < 1.29 is 9.53 Å². The van der Waals surface area contributed by atoms with Gasteiger partial charge in [-0.15, -0.1) is 0 Å². The summed E-state index contributed by atoms with van der Waals surface area (Å²) in [6.45, 7) is 2.13. The lowest BCUT2D eigenvalue weighted by molar-refractivity contribution is 0.0528. The first-order valence-corrected chi connectivity index (χ1v) is 8.80. The van der Waals surface area contributed by atoms with E-state index < -0.39 is 0 Å². The average molecular weight is 362 g/mol. The Labute approximate surface area is 156 Å². The van der Waals surface area contributed by atoms with E-state index in [9.17, 15) is 4.79 Å². The Balaban J connectivity index is 2.05. The van der Waals surface area contributed by atoms with Gasteiger partial charge in [0.05, 0.1) is 23.4 Å². The zero-order chi connectivity index (χ0) is 18.1. The molecule has 0 saturated heterocycles. The Morgan fingerprint density at radius 2 is 1.77 bits per heavy atom. The van der Waals surface area contributed by atoms with E-state index in [0.29, 0.717) is 22.9 Å². The van der Waals surface area contributed by atoms with Crippen LogP contribution in [0, 0.1) is 0 Å². The van der Waals surface area contributed by atoms with Crippen molar-refractivity contribution in [1.29, 1.82) is 0 Å². The smallest absolute Gasteiger partial charge is 0.338 e. The van der Waals surface area contributed by atoms with Crippen LogP contribution in [0.5, 0.6) is 0 Å². The topological polar surface area (TPSA) is 39.2 Å². The second-order valence-electron chi connectivity index (χ2n) is 5.97. The first-order valence-electron chi connectivity index (χ1n) is 8.43. The average Bonchev–Trinajstić information content (AvgIpc) is 2.67. The van der Waals surface area contributed by atoms with Crippen molar-refractivity contribution in [3.05, 3.63) is 77.3 Å². The minimum atomic E-state index is -0.342. The summed E-state index contributed by atoms with van der Waals surface area (Å²) in [4.78, 5) is 17.4. The predicted molar refractivity (Wildman–Crippen MR) is 106 cm³/mol. The van der Waals surface area contributed by atoms with Crippen LogP contribution in [0.25, 0.3) is 32.9 Å². The number of nitrogens with zero attached hydrogens (tertiary/aromatic N) is 1. The molecule has 4 rings (SSSR count). The maximum absolute atomic E-state index is 12.6. The van der Waals surface area contributed by atoms with Crippen LogP contribution in [0.4, 0.5) is 0 Å². The second-order valence-corrected chi connectivity index (χ2v) is 6.40. The summed E-state index contributed by atoms with van der Waals surface area (Å²) in [5.41, 5.74) is 2.93. The van der Waals surface area contributed by atoms with Gasteiger partial charge in [0.25, 0.3) is 0 Å². The van der Waals surface area contributed by atoms with Gasteiger partial charge in [-0.1, -0.05) is 60.1 Å². The Morgan fingerprint density at radius 1 is 1.00 bits per heavy atom. The van der Waals surface area contributed by atoms with E-state index in [1.54, 1.807) is 13.0 Å². The Hall–Kier alpha value is -2.91. The number of hydrogen-bond acceptors (Lipinski definition) is 3. The number of carbonyl (C=O) groups excluding carboxylic acids is 1. The van der Waals surface area contributed by atoms with E-state index in [1.165, 1.54) is 0 Å². The highest BCUT2D eigenvalue weighted by Crippen LogP contribution is 2.31. The SMILES string of the molecule is CCOC(=O)c1cc(-c2ccc(Cl)cc2)nc2c1ccc1ccccc12. The minimum absolute atomic E-state index is 0.326. The lowest BCUT2D eigenvalue weighted by Gasteiger charge is -2.11. The summed E-state index contributed by atoms with van der Waals surface area (Å²) >= 11 is 6.00. The molecule has 0 amide bonds. The first kappa shape index (κ1) is 16.6. The van der Waals surface area contributed by atoms with Gasteiger partial charge in [-0.3, -0.25) is 0 Å². The molecule has 0 spiro atoms. The molecule has 3 nitrogen and oxygen atoms in total. The van der Waals surface area contributed by atoms with Crippen LogP contribution in [0.2, 0.25) is 5.02 Å². The number of pyridine rings is 1. The molecular formula is C22H16ClNO2. The van der Waals surface area contributed by atoms with Crippen molar-refractivity contribution in [1.82, 2.24) is 4.98 Å². The van der Waals surface area contributed by atoms with Gasteiger partial charge in [0.15, 0.2) is 0 Å². The number of fused-ring (bicyclic) bond motifs is 3. The van der Waals surface area contributed by atoms with E-state index in [-0.39, 0.29) is 5.97 Å². The molecule has 0 atom stereocenters. The van der Waals surface area contributed by atoms with E-state index in [2.05, 4.69) is 0 Å². The van der Waals surface area contributed by atoms with E-state index >= 15 is 0 Å². The highest BCUT2D eigenvalue weighted by atomic mass is 35.5. The molecule has 128 valence electrons. The third-order valence-electron chi connectivity index (χ3n) is 4.34. The molecule has 3 aromatic carbocycles. The van der Waals surface area contributed by atoms with Crippen LogP contribution in [0.15, 0.2) is 66.7 Å². The lowest BCUT2D eigenvalue weighted by Crippen LogP contribution is -2.06. The summed E-state index contributed by atoms with van der Waals surface area (Å²) in [5.74, 6) is -0.342. The van der Waals surface area contributed by atoms with Gasteiger partial charge < -0.3 is 4.74 Å². The Kier molecular flexibility index (Phi) is 4.31. The third-order valence-corrected chi connectivity index (χ3v) is 4.59. The molecule has 4 heteroatoms. The summed E-state index contributed by atoms with van der Waals surface area (Å²) < 4.78 is 5.27. The van der Waals surface area contributed by atoms with Gasteiger partial charge in [-0.05, 0) is 30.5 Å². The van der Waals surface area contributed by atoms with E-state index in [0.717, 1.165) is 27.2 Å². The van der Waals surface area contributed by atoms with Crippen LogP contribution in [0.3, 0.4) is 0 Å². The monoisotopic (exact) mass is 361 g/mol.